The molecule has 4 N–H and O–H groups in total. The Morgan fingerprint density at radius 2 is 2.50 bits per heavy atom. The number of hydrogen-bond acceptors (Lipinski definition) is 3. The quantitative estimate of drug-likeness (QED) is 0.390. The van der Waals surface area contributed by atoms with Gasteiger partial charge in [0.2, 0.25) is 0 Å². The monoisotopic (exact) mass is 113 g/mol. The highest BCUT2D eigenvalue weighted by molar-refractivity contribution is 4.95. The van der Waals surface area contributed by atoms with Crippen molar-refractivity contribution in [3.05, 3.63) is 11.9 Å². The van der Waals surface area contributed by atoms with Crippen LogP contribution < -0.4 is 16.4 Å². The SMILES string of the molecule is NC1=CCCNCN1. The van der Waals surface area contributed by atoms with Gasteiger partial charge in [-0.15, -0.1) is 0 Å². The second kappa shape index (κ2) is 2.57. The summed E-state index contributed by atoms with van der Waals surface area (Å²) in [4.78, 5) is 0. The molecule has 1 aliphatic heterocycles. The van der Waals surface area contributed by atoms with Gasteiger partial charge in [0.1, 0.15) is 0 Å². The first-order valence-electron chi connectivity index (χ1n) is 2.80. The molecule has 3 heteroatoms. The summed E-state index contributed by atoms with van der Waals surface area (Å²) in [6.07, 6.45) is 3.01. The molecule has 0 saturated carbocycles. The van der Waals surface area contributed by atoms with E-state index in [0.29, 0.717) is 0 Å². The van der Waals surface area contributed by atoms with Crippen LogP contribution in [0.15, 0.2) is 11.9 Å². The Morgan fingerprint density at radius 1 is 1.62 bits per heavy atom. The lowest BCUT2D eigenvalue weighted by molar-refractivity contribution is 0.660. The van der Waals surface area contributed by atoms with Crippen LogP contribution in [0.2, 0.25) is 0 Å². The minimum absolute atomic E-state index is 0.787. The molecule has 0 aromatic carbocycles. The highest BCUT2D eigenvalue weighted by Gasteiger charge is 1.92. The fraction of sp³-hybridized carbons (Fsp3) is 0.600. The van der Waals surface area contributed by atoms with Gasteiger partial charge in [-0.1, -0.05) is 0 Å². The smallest absolute Gasteiger partial charge is 0.0929 e. The normalized spacial score (nSPS) is 20.8. The maximum atomic E-state index is 5.44. The molecule has 1 rings (SSSR count). The van der Waals surface area contributed by atoms with Gasteiger partial charge in [0.15, 0.2) is 0 Å². The second-order valence-corrected chi connectivity index (χ2v) is 1.80. The molecule has 8 heavy (non-hydrogen) atoms. The van der Waals surface area contributed by atoms with Crippen molar-refractivity contribution in [1.82, 2.24) is 10.6 Å². The molecule has 0 saturated heterocycles. The average molecular weight is 113 g/mol. The summed E-state index contributed by atoms with van der Waals surface area (Å²) < 4.78 is 0. The number of hydrogen-bond donors (Lipinski definition) is 3. The first kappa shape index (κ1) is 5.44. The Balaban J connectivity index is 2.36. The fourth-order valence-corrected chi connectivity index (χ4v) is 0.655. The van der Waals surface area contributed by atoms with E-state index < -0.39 is 0 Å². The first-order chi connectivity index (χ1) is 3.89. The van der Waals surface area contributed by atoms with Crippen LogP contribution in [0.5, 0.6) is 0 Å². The predicted octanol–water partition coefficient (Wildman–Crippen LogP) is -0.673. The van der Waals surface area contributed by atoms with Crippen LogP contribution in [0.4, 0.5) is 0 Å². The van der Waals surface area contributed by atoms with Crippen molar-refractivity contribution >= 4 is 0 Å². The molecule has 0 radical (unpaired) electrons. The third-order valence-corrected chi connectivity index (χ3v) is 1.10. The fourth-order valence-electron chi connectivity index (χ4n) is 0.655. The van der Waals surface area contributed by atoms with Gasteiger partial charge in [-0.25, -0.2) is 0 Å². The van der Waals surface area contributed by atoms with Gasteiger partial charge >= 0.3 is 0 Å². The molecule has 0 aromatic heterocycles. The highest BCUT2D eigenvalue weighted by atomic mass is 15.1. The largest absolute Gasteiger partial charge is 0.386 e. The molecule has 0 amide bonds. The van der Waals surface area contributed by atoms with E-state index in [0.717, 1.165) is 25.5 Å². The van der Waals surface area contributed by atoms with Crippen molar-refractivity contribution in [2.45, 2.75) is 6.42 Å². The lowest BCUT2D eigenvalue weighted by Crippen LogP contribution is -2.28. The Morgan fingerprint density at radius 3 is 3.38 bits per heavy atom. The van der Waals surface area contributed by atoms with E-state index in [-0.39, 0.29) is 0 Å². The van der Waals surface area contributed by atoms with Crippen molar-refractivity contribution in [3.63, 3.8) is 0 Å². The summed E-state index contributed by atoms with van der Waals surface area (Å²) in [6.45, 7) is 1.82. The zero-order valence-corrected chi connectivity index (χ0v) is 4.78. The van der Waals surface area contributed by atoms with Crippen LogP contribution in [-0.4, -0.2) is 13.2 Å². The standard InChI is InChI=1S/C5H11N3/c6-5-2-1-3-7-4-8-5/h2,7-8H,1,3-4,6H2. The van der Waals surface area contributed by atoms with Crippen LogP contribution in [0, 0.1) is 0 Å². The van der Waals surface area contributed by atoms with Crippen LogP contribution in [0.1, 0.15) is 6.42 Å². The summed E-state index contributed by atoms with van der Waals surface area (Å²) in [5.74, 6) is 0.787. The molecule has 0 bridgehead atoms. The maximum Gasteiger partial charge on any atom is 0.0929 e. The maximum absolute atomic E-state index is 5.44. The van der Waals surface area contributed by atoms with Gasteiger partial charge in [0, 0.05) is 6.54 Å². The summed E-state index contributed by atoms with van der Waals surface area (Å²) in [5, 5.41) is 6.11. The lowest BCUT2D eigenvalue weighted by atomic mass is 10.4. The minimum atomic E-state index is 0.787. The summed E-state index contributed by atoms with van der Waals surface area (Å²) >= 11 is 0. The van der Waals surface area contributed by atoms with E-state index in [2.05, 4.69) is 10.6 Å². The Hall–Kier alpha value is -0.700. The van der Waals surface area contributed by atoms with E-state index in [9.17, 15) is 0 Å². The van der Waals surface area contributed by atoms with Crippen molar-refractivity contribution in [1.29, 1.82) is 0 Å². The van der Waals surface area contributed by atoms with Crippen LogP contribution >= 0.6 is 0 Å². The Kier molecular flexibility index (Phi) is 1.75. The summed E-state index contributed by atoms with van der Waals surface area (Å²) in [5.41, 5.74) is 5.44. The topological polar surface area (TPSA) is 50.1 Å². The van der Waals surface area contributed by atoms with Crippen LogP contribution in [0.25, 0.3) is 0 Å². The van der Waals surface area contributed by atoms with Crippen LogP contribution in [-0.2, 0) is 0 Å². The Labute approximate surface area is 48.9 Å². The van der Waals surface area contributed by atoms with Crippen molar-refractivity contribution in [2.24, 2.45) is 5.73 Å². The molecular weight excluding hydrogens is 102 g/mol. The van der Waals surface area contributed by atoms with Crippen molar-refractivity contribution in [2.75, 3.05) is 13.2 Å². The molecule has 0 unspecified atom stereocenters. The molecular formula is C5H11N3. The number of rotatable bonds is 0. The van der Waals surface area contributed by atoms with E-state index >= 15 is 0 Å². The van der Waals surface area contributed by atoms with Crippen LogP contribution in [0.3, 0.4) is 0 Å². The Bertz CT molecular complexity index is 97.8. The molecule has 0 fully saturated rings. The molecule has 1 heterocycles. The van der Waals surface area contributed by atoms with Gasteiger partial charge in [-0.3, -0.25) is 5.32 Å². The molecule has 3 nitrogen and oxygen atoms in total. The third-order valence-electron chi connectivity index (χ3n) is 1.10. The number of nitrogens with one attached hydrogen (secondary N) is 2. The zero-order chi connectivity index (χ0) is 5.82. The summed E-state index contributed by atoms with van der Waals surface area (Å²) in [7, 11) is 0. The van der Waals surface area contributed by atoms with Gasteiger partial charge in [-0.2, -0.15) is 0 Å². The van der Waals surface area contributed by atoms with Crippen molar-refractivity contribution in [3.8, 4) is 0 Å². The molecule has 1 aliphatic rings. The third kappa shape index (κ3) is 1.42. The van der Waals surface area contributed by atoms with E-state index in [4.69, 9.17) is 5.73 Å². The van der Waals surface area contributed by atoms with Gasteiger partial charge in [-0.05, 0) is 12.5 Å². The predicted molar refractivity (Wildman–Crippen MR) is 32.9 cm³/mol. The number of nitrogens with two attached hydrogens (primary N) is 1. The summed E-state index contributed by atoms with van der Waals surface area (Å²) in [6, 6.07) is 0. The minimum Gasteiger partial charge on any atom is -0.386 e. The molecule has 0 aromatic rings. The molecule has 46 valence electrons. The van der Waals surface area contributed by atoms with Gasteiger partial charge in [0.05, 0.1) is 12.5 Å². The average Bonchev–Trinajstić information content (AvgIpc) is 1.94. The molecule has 0 atom stereocenters. The van der Waals surface area contributed by atoms with Gasteiger partial charge < -0.3 is 11.1 Å². The van der Waals surface area contributed by atoms with E-state index in [1.54, 1.807) is 0 Å². The van der Waals surface area contributed by atoms with E-state index in [1.165, 1.54) is 0 Å². The molecule has 0 spiro atoms. The molecule has 0 aliphatic carbocycles. The second-order valence-electron chi connectivity index (χ2n) is 1.80. The zero-order valence-electron chi connectivity index (χ0n) is 4.78. The van der Waals surface area contributed by atoms with Crippen molar-refractivity contribution < 1.29 is 0 Å². The van der Waals surface area contributed by atoms with E-state index in [1.807, 2.05) is 6.08 Å². The highest BCUT2D eigenvalue weighted by Crippen LogP contribution is 1.85. The van der Waals surface area contributed by atoms with Gasteiger partial charge in [0.25, 0.3) is 0 Å². The first-order valence-corrected chi connectivity index (χ1v) is 2.80. The lowest BCUT2D eigenvalue weighted by Gasteiger charge is -2.00.